The van der Waals surface area contributed by atoms with Crippen LogP contribution in [0.1, 0.15) is 12.8 Å². The molecule has 3 amide bonds. The number of thiocarbonyl (C=S) groups is 1. The van der Waals surface area contributed by atoms with Crippen molar-refractivity contribution >= 4 is 45.9 Å². The average molecular weight is 341 g/mol. The number of thioether (sulfide) groups is 1. The van der Waals surface area contributed by atoms with Gasteiger partial charge in [0, 0.05) is 13.1 Å². The van der Waals surface area contributed by atoms with Crippen LogP contribution < -0.4 is 10.6 Å². The number of para-hydroxylation sites is 1. The van der Waals surface area contributed by atoms with Gasteiger partial charge in [0.05, 0.1) is 11.4 Å². The molecule has 1 aliphatic heterocycles. The van der Waals surface area contributed by atoms with Crippen LogP contribution in [0.5, 0.6) is 0 Å². The summed E-state index contributed by atoms with van der Waals surface area (Å²) in [7, 11) is 0. The second-order valence-corrected chi connectivity index (χ2v) is 6.34. The van der Waals surface area contributed by atoms with E-state index < -0.39 is 17.8 Å². The van der Waals surface area contributed by atoms with Crippen molar-refractivity contribution in [1.82, 2.24) is 10.2 Å². The smallest absolute Gasteiger partial charge is 0.325 e. The normalized spacial score (nSPS) is 13.8. The number of rotatable bonds is 3. The average Bonchev–Trinajstić information content (AvgIpc) is 3.01. The van der Waals surface area contributed by atoms with Crippen LogP contribution in [-0.4, -0.2) is 40.0 Å². The molecule has 2 N–H and O–H groups in total. The highest BCUT2D eigenvalue weighted by atomic mass is 32.2. The standard InChI is InChI=1S/C14H16FN3O2S2/c15-10-5-1-2-6-11(10)16-13(20)17-12(19)9-22-14(21)18-7-3-4-8-18/h1-2,5-6H,3-4,7-9H2,(H2,16,17,19,20). The number of nitrogens with one attached hydrogen (secondary N) is 2. The topological polar surface area (TPSA) is 61.4 Å². The first-order valence-corrected chi connectivity index (χ1v) is 8.22. The number of amides is 3. The van der Waals surface area contributed by atoms with Gasteiger partial charge in [-0.25, -0.2) is 9.18 Å². The van der Waals surface area contributed by atoms with Crippen LogP contribution >= 0.6 is 24.0 Å². The fraction of sp³-hybridized carbons (Fsp3) is 0.357. The summed E-state index contributed by atoms with van der Waals surface area (Å²) in [5.74, 6) is -0.977. The zero-order valence-electron chi connectivity index (χ0n) is 11.8. The Morgan fingerprint density at radius 3 is 2.64 bits per heavy atom. The van der Waals surface area contributed by atoms with Gasteiger partial charge < -0.3 is 10.2 Å². The predicted octanol–water partition coefficient (Wildman–Crippen LogP) is 2.59. The van der Waals surface area contributed by atoms with E-state index in [-0.39, 0.29) is 11.4 Å². The van der Waals surface area contributed by atoms with Crippen molar-refractivity contribution in [2.75, 3.05) is 24.2 Å². The lowest BCUT2D eigenvalue weighted by Crippen LogP contribution is -2.36. The van der Waals surface area contributed by atoms with Crippen molar-refractivity contribution in [2.24, 2.45) is 0 Å². The Kier molecular flexibility index (Phi) is 6.14. The van der Waals surface area contributed by atoms with Crippen LogP contribution in [-0.2, 0) is 4.79 Å². The third-order valence-electron chi connectivity index (χ3n) is 3.07. The van der Waals surface area contributed by atoms with Gasteiger partial charge in [0.1, 0.15) is 10.1 Å². The highest BCUT2D eigenvalue weighted by molar-refractivity contribution is 8.23. The lowest BCUT2D eigenvalue weighted by Gasteiger charge is -2.17. The van der Waals surface area contributed by atoms with Crippen molar-refractivity contribution < 1.29 is 14.0 Å². The van der Waals surface area contributed by atoms with Crippen molar-refractivity contribution in [3.8, 4) is 0 Å². The minimum Gasteiger partial charge on any atom is -0.358 e. The Morgan fingerprint density at radius 2 is 1.95 bits per heavy atom. The van der Waals surface area contributed by atoms with Crippen molar-refractivity contribution in [3.05, 3.63) is 30.1 Å². The summed E-state index contributed by atoms with van der Waals surface area (Å²) in [5, 5.41) is 4.43. The number of carbonyl (C=O) groups excluding carboxylic acids is 2. The number of likely N-dealkylation sites (tertiary alicyclic amines) is 1. The van der Waals surface area contributed by atoms with Gasteiger partial charge in [-0.3, -0.25) is 10.1 Å². The van der Waals surface area contributed by atoms with Crippen LogP contribution in [0, 0.1) is 5.82 Å². The van der Waals surface area contributed by atoms with Gasteiger partial charge in [0.15, 0.2) is 0 Å². The Bertz CT molecular complexity index is 577. The van der Waals surface area contributed by atoms with E-state index in [9.17, 15) is 14.0 Å². The summed E-state index contributed by atoms with van der Waals surface area (Å²) in [6, 6.07) is 4.98. The molecule has 0 spiro atoms. The fourth-order valence-corrected chi connectivity index (χ4v) is 3.05. The molecular formula is C14H16FN3O2S2. The molecule has 2 rings (SSSR count). The van der Waals surface area contributed by atoms with E-state index >= 15 is 0 Å². The number of hydrogen-bond donors (Lipinski definition) is 2. The largest absolute Gasteiger partial charge is 0.358 e. The summed E-state index contributed by atoms with van der Waals surface area (Å²) in [5.41, 5.74) is 0.0213. The summed E-state index contributed by atoms with van der Waals surface area (Å²) in [6.45, 7) is 1.84. The number of nitrogens with zero attached hydrogens (tertiary/aromatic N) is 1. The first-order chi connectivity index (χ1) is 10.6. The number of halogens is 1. The van der Waals surface area contributed by atoms with Crippen LogP contribution in [0.25, 0.3) is 0 Å². The van der Waals surface area contributed by atoms with E-state index in [4.69, 9.17) is 12.2 Å². The highest BCUT2D eigenvalue weighted by Gasteiger charge is 2.17. The number of carbonyl (C=O) groups is 2. The Hall–Kier alpha value is -1.67. The van der Waals surface area contributed by atoms with E-state index in [0.29, 0.717) is 4.32 Å². The van der Waals surface area contributed by atoms with Gasteiger partial charge in [-0.05, 0) is 25.0 Å². The van der Waals surface area contributed by atoms with Crippen LogP contribution in [0.15, 0.2) is 24.3 Å². The maximum Gasteiger partial charge on any atom is 0.325 e. The van der Waals surface area contributed by atoms with Crippen LogP contribution in [0.4, 0.5) is 14.9 Å². The molecule has 8 heteroatoms. The molecule has 0 radical (unpaired) electrons. The molecule has 118 valence electrons. The molecule has 22 heavy (non-hydrogen) atoms. The van der Waals surface area contributed by atoms with E-state index in [1.165, 1.54) is 30.0 Å². The minimum atomic E-state index is -0.761. The van der Waals surface area contributed by atoms with Crippen molar-refractivity contribution in [1.29, 1.82) is 0 Å². The molecule has 0 bridgehead atoms. The van der Waals surface area contributed by atoms with E-state index in [1.54, 1.807) is 6.07 Å². The molecule has 1 saturated heterocycles. The Morgan fingerprint density at radius 1 is 1.27 bits per heavy atom. The second kappa shape index (κ2) is 8.09. The van der Waals surface area contributed by atoms with Gasteiger partial charge in [-0.1, -0.05) is 36.1 Å². The van der Waals surface area contributed by atoms with Gasteiger partial charge in [-0.2, -0.15) is 0 Å². The predicted molar refractivity (Wildman–Crippen MR) is 89.4 cm³/mol. The highest BCUT2D eigenvalue weighted by Crippen LogP contribution is 2.16. The molecule has 1 aromatic rings. The molecular weight excluding hydrogens is 325 g/mol. The number of urea groups is 1. The number of hydrogen-bond acceptors (Lipinski definition) is 4. The molecule has 0 aromatic heterocycles. The molecule has 0 aliphatic carbocycles. The monoisotopic (exact) mass is 341 g/mol. The van der Waals surface area contributed by atoms with E-state index in [2.05, 4.69) is 10.6 Å². The first kappa shape index (κ1) is 16.7. The number of benzene rings is 1. The Labute approximate surface area is 137 Å². The third kappa shape index (κ3) is 4.96. The molecule has 1 aliphatic rings. The van der Waals surface area contributed by atoms with E-state index in [1.807, 2.05) is 4.90 Å². The van der Waals surface area contributed by atoms with Crippen molar-refractivity contribution in [2.45, 2.75) is 12.8 Å². The molecule has 0 atom stereocenters. The summed E-state index contributed by atoms with van der Waals surface area (Å²) >= 11 is 6.45. The first-order valence-electron chi connectivity index (χ1n) is 6.83. The second-order valence-electron chi connectivity index (χ2n) is 4.73. The maximum atomic E-state index is 13.4. The molecule has 1 heterocycles. The van der Waals surface area contributed by atoms with E-state index in [0.717, 1.165) is 25.9 Å². The van der Waals surface area contributed by atoms with Crippen LogP contribution in [0.3, 0.4) is 0 Å². The minimum absolute atomic E-state index is 0.0213. The fourth-order valence-electron chi connectivity index (χ4n) is 2.00. The SMILES string of the molecule is O=C(CSC(=S)N1CCCC1)NC(=O)Nc1ccccc1F. The molecule has 0 unspecified atom stereocenters. The maximum absolute atomic E-state index is 13.4. The lowest BCUT2D eigenvalue weighted by atomic mass is 10.3. The molecule has 5 nitrogen and oxygen atoms in total. The van der Waals surface area contributed by atoms with Crippen LogP contribution in [0.2, 0.25) is 0 Å². The Balaban J connectivity index is 1.73. The van der Waals surface area contributed by atoms with Gasteiger partial charge in [0.25, 0.3) is 0 Å². The lowest BCUT2D eigenvalue weighted by molar-refractivity contribution is -0.117. The third-order valence-corrected chi connectivity index (χ3v) is 4.59. The number of anilines is 1. The zero-order chi connectivity index (χ0) is 15.9. The van der Waals surface area contributed by atoms with Gasteiger partial charge >= 0.3 is 6.03 Å². The summed E-state index contributed by atoms with van der Waals surface area (Å²) < 4.78 is 14.0. The summed E-state index contributed by atoms with van der Waals surface area (Å²) in [4.78, 5) is 25.3. The zero-order valence-corrected chi connectivity index (χ0v) is 13.4. The molecule has 1 fully saturated rings. The molecule has 1 aromatic carbocycles. The van der Waals surface area contributed by atoms with Crippen molar-refractivity contribution in [3.63, 3.8) is 0 Å². The summed E-state index contributed by atoms with van der Waals surface area (Å²) in [6.07, 6.45) is 2.22. The molecule has 0 saturated carbocycles. The van der Waals surface area contributed by atoms with Gasteiger partial charge in [0.2, 0.25) is 5.91 Å². The quantitative estimate of drug-likeness (QED) is 0.828. The number of imide groups is 1. The van der Waals surface area contributed by atoms with Gasteiger partial charge in [-0.15, -0.1) is 0 Å².